The van der Waals surface area contributed by atoms with Gasteiger partial charge in [-0.15, -0.1) is 0 Å². The van der Waals surface area contributed by atoms with Crippen LogP contribution in [0.5, 0.6) is 0 Å². The maximum absolute atomic E-state index is 10.8. The molecule has 4 unspecified atom stereocenters. The normalized spacial score (nSPS) is 35.5. The van der Waals surface area contributed by atoms with Crippen LogP contribution < -0.4 is 0 Å². The van der Waals surface area contributed by atoms with Crippen LogP contribution in [0.2, 0.25) is 0 Å². The van der Waals surface area contributed by atoms with E-state index < -0.39 is 23.8 Å². The summed E-state index contributed by atoms with van der Waals surface area (Å²) in [6.07, 6.45) is 4.36. The Kier molecular flexibility index (Phi) is 6.11. The van der Waals surface area contributed by atoms with Crippen LogP contribution in [0.25, 0.3) is 0 Å². The minimum absolute atomic E-state index is 0. The summed E-state index contributed by atoms with van der Waals surface area (Å²) in [7, 11) is 0. The second-order valence-corrected chi connectivity index (χ2v) is 3.68. The molecule has 0 aliphatic heterocycles. The molecule has 2 rings (SSSR count). The standard InChI is InChI=1S/C9H10O4.2Na/c10-8(11)6-4-1-2-5(3-4)7(6)9(12)13;;/h1-2,4-7H,3H2,(H,10,11)(H,12,13);;. The zero-order valence-electron chi connectivity index (χ0n) is 8.88. The summed E-state index contributed by atoms with van der Waals surface area (Å²) < 4.78 is 0. The zero-order chi connectivity index (χ0) is 9.59. The third-order valence-corrected chi connectivity index (χ3v) is 3.03. The molecule has 0 amide bonds. The number of fused-ring (bicyclic) bond motifs is 2. The molecular formula is C9H10Na2O4. The van der Waals surface area contributed by atoms with Gasteiger partial charge in [-0.25, -0.2) is 0 Å². The Balaban J connectivity index is 0.000000980. The minimum atomic E-state index is -0.982. The molecule has 72 valence electrons. The van der Waals surface area contributed by atoms with Gasteiger partial charge < -0.3 is 10.2 Å². The van der Waals surface area contributed by atoms with E-state index in [9.17, 15) is 9.59 Å². The van der Waals surface area contributed by atoms with Crippen LogP contribution in [0.15, 0.2) is 12.2 Å². The quantitative estimate of drug-likeness (QED) is 0.508. The first-order chi connectivity index (χ1) is 6.11. The van der Waals surface area contributed by atoms with E-state index in [2.05, 4.69) is 0 Å². The number of carbonyl (C=O) groups is 2. The van der Waals surface area contributed by atoms with E-state index in [4.69, 9.17) is 10.2 Å². The average molecular weight is 228 g/mol. The van der Waals surface area contributed by atoms with Crippen LogP contribution in [0, 0.1) is 23.7 Å². The number of aliphatic carboxylic acids is 2. The van der Waals surface area contributed by atoms with Crippen molar-refractivity contribution in [3.8, 4) is 0 Å². The molecule has 2 aliphatic carbocycles. The van der Waals surface area contributed by atoms with Crippen molar-refractivity contribution in [1.82, 2.24) is 0 Å². The topological polar surface area (TPSA) is 74.6 Å². The van der Waals surface area contributed by atoms with Gasteiger partial charge in [-0.2, -0.15) is 0 Å². The van der Waals surface area contributed by atoms with Crippen molar-refractivity contribution in [2.75, 3.05) is 0 Å². The third kappa shape index (κ3) is 2.68. The van der Waals surface area contributed by atoms with Crippen LogP contribution in [0.1, 0.15) is 6.42 Å². The van der Waals surface area contributed by atoms with Gasteiger partial charge >= 0.3 is 11.9 Å². The molecule has 0 heterocycles. The molecule has 2 aliphatic rings. The molecule has 15 heavy (non-hydrogen) atoms. The van der Waals surface area contributed by atoms with Crippen LogP contribution in [0.4, 0.5) is 0 Å². The Hall–Kier alpha value is 0.680. The van der Waals surface area contributed by atoms with Crippen molar-refractivity contribution in [2.24, 2.45) is 23.7 Å². The van der Waals surface area contributed by atoms with E-state index in [1.54, 1.807) is 0 Å². The Labute approximate surface area is 132 Å². The van der Waals surface area contributed by atoms with Crippen molar-refractivity contribution >= 4 is 71.1 Å². The number of hydrogen-bond acceptors (Lipinski definition) is 2. The molecule has 1 fully saturated rings. The predicted molar refractivity (Wildman–Crippen MR) is 54.5 cm³/mol. The van der Waals surface area contributed by atoms with Gasteiger partial charge in [-0.05, 0) is 18.3 Å². The Morgan fingerprint density at radius 1 is 0.933 bits per heavy atom. The molecule has 0 aromatic carbocycles. The summed E-state index contributed by atoms with van der Waals surface area (Å²) in [5.74, 6) is -3.53. The van der Waals surface area contributed by atoms with Gasteiger partial charge in [0.15, 0.2) is 0 Å². The van der Waals surface area contributed by atoms with E-state index in [-0.39, 0.29) is 71.0 Å². The molecule has 0 spiro atoms. The number of hydrogen-bond donors (Lipinski definition) is 2. The summed E-state index contributed by atoms with van der Waals surface area (Å²) in [5.41, 5.74) is 0. The van der Waals surface area contributed by atoms with Crippen LogP contribution >= 0.6 is 0 Å². The number of carboxylic acids is 2. The van der Waals surface area contributed by atoms with Crippen molar-refractivity contribution in [3.63, 3.8) is 0 Å². The first-order valence-corrected chi connectivity index (χ1v) is 4.25. The van der Waals surface area contributed by atoms with Gasteiger partial charge in [0, 0.05) is 59.1 Å². The molecule has 2 bridgehead atoms. The van der Waals surface area contributed by atoms with E-state index in [1.807, 2.05) is 12.2 Å². The van der Waals surface area contributed by atoms with Gasteiger partial charge in [0.25, 0.3) is 0 Å². The van der Waals surface area contributed by atoms with E-state index >= 15 is 0 Å². The average Bonchev–Trinajstić information content (AvgIpc) is 2.60. The molecule has 0 saturated heterocycles. The fraction of sp³-hybridized carbons (Fsp3) is 0.556. The SMILES string of the molecule is O=C(O)C1C2C=CC(C2)C1C(=O)O.[Na].[Na]. The molecule has 0 aromatic heterocycles. The molecule has 2 radical (unpaired) electrons. The van der Waals surface area contributed by atoms with Gasteiger partial charge in [0.05, 0.1) is 11.8 Å². The zero-order valence-corrected chi connectivity index (χ0v) is 12.9. The van der Waals surface area contributed by atoms with Gasteiger partial charge in [-0.1, -0.05) is 12.2 Å². The number of allylic oxidation sites excluding steroid dienone is 2. The summed E-state index contributed by atoms with van der Waals surface area (Å²) in [6.45, 7) is 0. The molecule has 4 nitrogen and oxygen atoms in total. The molecule has 6 heteroatoms. The van der Waals surface area contributed by atoms with Crippen molar-refractivity contribution in [2.45, 2.75) is 6.42 Å². The van der Waals surface area contributed by atoms with E-state index in [0.717, 1.165) is 0 Å². The predicted octanol–water partition coefficient (Wildman–Crippen LogP) is -0.168. The number of carboxylic acid groups (broad SMARTS) is 2. The smallest absolute Gasteiger partial charge is 0.307 e. The second-order valence-electron chi connectivity index (χ2n) is 3.68. The Morgan fingerprint density at radius 2 is 1.27 bits per heavy atom. The second kappa shape index (κ2) is 5.84. The number of rotatable bonds is 2. The minimum Gasteiger partial charge on any atom is -0.481 e. The molecule has 1 saturated carbocycles. The molecule has 4 atom stereocenters. The fourth-order valence-corrected chi connectivity index (χ4v) is 2.50. The summed E-state index contributed by atoms with van der Waals surface area (Å²) in [5, 5.41) is 17.7. The van der Waals surface area contributed by atoms with E-state index in [1.165, 1.54) is 0 Å². The monoisotopic (exact) mass is 228 g/mol. The Morgan fingerprint density at radius 3 is 1.53 bits per heavy atom. The van der Waals surface area contributed by atoms with Crippen molar-refractivity contribution in [1.29, 1.82) is 0 Å². The van der Waals surface area contributed by atoms with Crippen molar-refractivity contribution in [3.05, 3.63) is 12.2 Å². The summed E-state index contributed by atoms with van der Waals surface area (Å²) >= 11 is 0. The fourth-order valence-electron chi connectivity index (χ4n) is 2.50. The van der Waals surface area contributed by atoms with Crippen LogP contribution in [-0.2, 0) is 9.59 Å². The molecule has 2 N–H and O–H groups in total. The first kappa shape index (κ1) is 15.7. The summed E-state index contributed by atoms with van der Waals surface area (Å²) in [4.78, 5) is 21.6. The Bertz CT molecular complexity index is 274. The van der Waals surface area contributed by atoms with Gasteiger partial charge in [0.2, 0.25) is 0 Å². The van der Waals surface area contributed by atoms with Gasteiger partial charge in [-0.3, -0.25) is 9.59 Å². The largest absolute Gasteiger partial charge is 0.481 e. The van der Waals surface area contributed by atoms with E-state index in [0.29, 0.717) is 6.42 Å². The molecule has 0 aromatic rings. The van der Waals surface area contributed by atoms with Crippen molar-refractivity contribution < 1.29 is 19.8 Å². The third-order valence-electron chi connectivity index (χ3n) is 3.03. The maximum atomic E-state index is 10.8. The van der Waals surface area contributed by atoms with Crippen LogP contribution in [0.3, 0.4) is 0 Å². The maximum Gasteiger partial charge on any atom is 0.307 e. The summed E-state index contributed by atoms with van der Waals surface area (Å²) in [6, 6.07) is 0. The molecular weight excluding hydrogens is 218 g/mol. The van der Waals surface area contributed by atoms with Crippen LogP contribution in [-0.4, -0.2) is 81.3 Å². The first-order valence-electron chi connectivity index (χ1n) is 4.25. The van der Waals surface area contributed by atoms with Gasteiger partial charge in [0.1, 0.15) is 0 Å².